The van der Waals surface area contributed by atoms with Crippen LogP contribution in [0.5, 0.6) is 0 Å². The first-order valence-corrected chi connectivity index (χ1v) is 13.3. The number of nitrogens with one attached hydrogen (secondary N) is 2. The zero-order chi connectivity index (χ0) is 18.9. The molecule has 138 valence electrons. The van der Waals surface area contributed by atoms with Crippen LogP contribution in [0.3, 0.4) is 0 Å². The normalized spacial score (nSPS) is 10.8. The highest BCUT2D eigenvalue weighted by Gasteiger charge is 2.45. The summed E-state index contributed by atoms with van der Waals surface area (Å²) in [5.74, 6) is 0. The summed E-state index contributed by atoms with van der Waals surface area (Å²) in [5, 5.41) is 6.20. The maximum Gasteiger partial charge on any atom is 0.161 e. The van der Waals surface area contributed by atoms with Crippen LogP contribution >= 0.6 is 122 Å². The summed E-state index contributed by atoms with van der Waals surface area (Å²) in [4.78, 5) is 1.13. The molecule has 0 saturated heterocycles. The molecule has 0 aromatic carbocycles. The van der Waals surface area contributed by atoms with Crippen LogP contribution < -0.4 is 10.6 Å². The standard InChI is InChI=1S/C10H18N4S10/c1-21-13(22-2)6(15)10(12-9(19)20,5-11-8(17)18)7(16)14(23-3)24-4/h5H2,1-4H3,(H2,11,17,18)(H2,12,19,20). The van der Waals surface area contributed by atoms with Gasteiger partial charge in [0.1, 0.15) is 18.6 Å². The first-order chi connectivity index (χ1) is 11.2. The van der Waals surface area contributed by atoms with Crippen LogP contribution in [0.2, 0.25) is 0 Å². The average molecular weight is 515 g/mol. The summed E-state index contributed by atoms with van der Waals surface area (Å²) in [7, 11) is 0. The van der Waals surface area contributed by atoms with Crippen LogP contribution in [0.25, 0.3) is 0 Å². The van der Waals surface area contributed by atoms with Crippen molar-refractivity contribution in [2.75, 3.05) is 31.6 Å². The summed E-state index contributed by atoms with van der Waals surface area (Å²) in [6, 6.07) is 0. The first-order valence-electron chi connectivity index (χ1n) is 6.03. The number of thiol groups is 2. The van der Waals surface area contributed by atoms with Crippen molar-refractivity contribution in [3.05, 3.63) is 0 Å². The molecule has 0 amide bonds. The molecule has 14 heteroatoms. The Morgan fingerprint density at radius 2 is 1.21 bits per heavy atom. The average Bonchev–Trinajstić information content (AvgIpc) is 2.53. The Morgan fingerprint density at radius 1 is 0.833 bits per heavy atom. The fourth-order valence-corrected chi connectivity index (χ4v) is 5.97. The SMILES string of the molecule is CSN(SC)C(=S)C(CNC(=S)S)(NC(=S)S)C(=S)N(SC)SC. The summed E-state index contributed by atoms with van der Waals surface area (Å²) in [6.07, 6.45) is 7.75. The van der Waals surface area contributed by atoms with Gasteiger partial charge in [0.15, 0.2) is 5.54 Å². The second-order valence-corrected chi connectivity index (χ2v) is 10.3. The molecular weight excluding hydrogens is 497 g/mol. The Kier molecular flexibility index (Phi) is 13.8. The molecule has 0 unspecified atom stereocenters. The first kappa shape index (κ1) is 25.7. The molecule has 0 rings (SSSR count). The van der Waals surface area contributed by atoms with Crippen LogP contribution in [0, 0.1) is 0 Å². The van der Waals surface area contributed by atoms with Gasteiger partial charge in [-0.1, -0.05) is 48.9 Å². The van der Waals surface area contributed by atoms with Gasteiger partial charge in [0.25, 0.3) is 0 Å². The Bertz CT molecular complexity index is 452. The fraction of sp³-hybridized carbons (Fsp3) is 0.600. The smallest absolute Gasteiger partial charge is 0.161 e. The molecule has 0 radical (unpaired) electrons. The van der Waals surface area contributed by atoms with Crippen LogP contribution in [0.15, 0.2) is 0 Å². The minimum atomic E-state index is -0.964. The third-order valence-electron chi connectivity index (χ3n) is 2.55. The van der Waals surface area contributed by atoms with E-state index in [1.54, 1.807) is 0 Å². The Labute approximate surface area is 193 Å². The van der Waals surface area contributed by atoms with Gasteiger partial charge in [-0.2, -0.15) is 0 Å². The van der Waals surface area contributed by atoms with E-state index in [4.69, 9.17) is 48.9 Å². The minimum absolute atomic E-state index is 0.288. The van der Waals surface area contributed by atoms with E-state index in [0.29, 0.717) is 20.8 Å². The van der Waals surface area contributed by atoms with Crippen molar-refractivity contribution >= 4 is 141 Å². The third kappa shape index (κ3) is 7.35. The maximum atomic E-state index is 5.76. The van der Waals surface area contributed by atoms with Gasteiger partial charge in [-0.05, 0) is 47.8 Å². The molecule has 0 aromatic heterocycles. The van der Waals surface area contributed by atoms with Gasteiger partial charge in [0.05, 0.1) is 6.54 Å². The van der Waals surface area contributed by atoms with Crippen molar-refractivity contribution in [1.29, 1.82) is 0 Å². The predicted molar refractivity (Wildman–Crippen MR) is 140 cm³/mol. The van der Waals surface area contributed by atoms with Crippen molar-refractivity contribution in [2.45, 2.75) is 5.54 Å². The van der Waals surface area contributed by atoms with E-state index in [9.17, 15) is 0 Å². The number of hydrogen-bond acceptors (Lipinski definition) is 8. The van der Waals surface area contributed by atoms with Crippen molar-refractivity contribution in [3.8, 4) is 0 Å². The molecule has 0 saturated carbocycles. The Hall–Kier alpha value is 1.66. The lowest BCUT2D eigenvalue weighted by Gasteiger charge is -2.41. The summed E-state index contributed by atoms with van der Waals surface area (Å²) >= 11 is 36.0. The lowest BCUT2D eigenvalue weighted by molar-refractivity contribution is 0.621. The predicted octanol–water partition coefficient (Wildman–Crippen LogP) is 3.70. The van der Waals surface area contributed by atoms with Crippen LogP contribution in [-0.2, 0) is 0 Å². The highest BCUT2D eigenvalue weighted by atomic mass is 32.2. The quantitative estimate of drug-likeness (QED) is 0.206. The van der Waals surface area contributed by atoms with Gasteiger partial charge in [0, 0.05) is 25.0 Å². The molecule has 0 aliphatic rings. The van der Waals surface area contributed by atoms with Crippen LogP contribution in [0.1, 0.15) is 0 Å². The van der Waals surface area contributed by atoms with Gasteiger partial charge in [-0.25, -0.2) is 7.42 Å². The lowest BCUT2D eigenvalue weighted by Crippen LogP contribution is -2.67. The number of nitrogens with zero attached hydrogens (tertiary/aromatic N) is 2. The van der Waals surface area contributed by atoms with E-state index in [-0.39, 0.29) is 4.32 Å². The summed E-state index contributed by atoms with van der Waals surface area (Å²) in [6.45, 7) is 0.295. The topological polar surface area (TPSA) is 30.5 Å². The molecule has 0 aliphatic carbocycles. The van der Waals surface area contributed by atoms with Crippen LogP contribution in [-0.4, -0.2) is 63.1 Å². The molecular formula is C10H18N4S10. The maximum absolute atomic E-state index is 5.76. The van der Waals surface area contributed by atoms with Crippen molar-refractivity contribution in [1.82, 2.24) is 18.1 Å². The van der Waals surface area contributed by atoms with Gasteiger partial charge in [-0.15, -0.1) is 25.3 Å². The zero-order valence-electron chi connectivity index (χ0n) is 13.3. The van der Waals surface area contributed by atoms with E-state index in [0.717, 1.165) is 0 Å². The fourth-order valence-electron chi connectivity index (χ4n) is 1.58. The number of hydrogen-bond donors (Lipinski definition) is 4. The van der Waals surface area contributed by atoms with Gasteiger partial charge >= 0.3 is 0 Å². The molecule has 0 aromatic rings. The monoisotopic (exact) mass is 514 g/mol. The molecule has 0 fully saturated rings. The highest BCUT2D eigenvalue weighted by molar-refractivity contribution is 8.14. The van der Waals surface area contributed by atoms with Crippen molar-refractivity contribution in [2.24, 2.45) is 0 Å². The summed E-state index contributed by atoms with van der Waals surface area (Å²) < 4.78 is 4.42. The molecule has 0 spiro atoms. The molecule has 0 heterocycles. The molecule has 0 bridgehead atoms. The molecule has 0 atom stereocenters. The molecule has 4 nitrogen and oxygen atoms in total. The lowest BCUT2D eigenvalue weighted by atomic mass is 10.00. The van der Waals surface area contributed by atoms with Crippen LogP contribution in [0.4, 0.5) is 0 Å². The van der Waals surface area contributed by atoms with Gasteiger partial charge in [0.2, 0.25) is 0 Å². The van der Waals surface area contributed by atoms with Crippen molar-refractivity contribution in [3.63, 3.8) is 0 Å². The van der Waals surface area contributed by atoms with E-state index in [1.165, 1.54) is 47.8 Å². The third-order valence-corrected chi connectivity index (χ3v) is 8.44. The van der Waals surface area contributed by atoms with E-state index < -0.39 is 5.54 Å². The van der Waals surface area contributed by atoms with E-state index in [2.05, 4.69) is 35.9 Å². The Balaban J connectivity index is 6.10. The highest BCUT2D eigenvalue weighted by Crippen LogP contribution is 2.30. The number of rotatable bonds is 9. The second kappa shape index (κ2) is 12.9. The molecule has 0 aliphatic heterocycles. The zero-order valence-corrected chi connectivity index (χ0v) is 21.6. The van der Waals surface area contributed by atoms with E-state index in [1.807, 2.05) is 32.4 Å². The Morgan fingerprint density at radius 3 is 1.46 bits per heavy atom. The second-order valence-electron chi connectivity index (χ2n) is 3.85. The van der Waals surface area contributed by atoms with Crippen molar-refractivity contribution < 1.29 is 0 Å². The molecule has 2 N–H and O–H groups in total. The number of thiocarbonyl (C=S) groups is 4. The van der Waals surface area contributed by atoms with E-state index >= 15 is 0 Å². The summed E-state index contributed by atoms with van der Waals surface area (Å²) in [5.41, 5.74) is -0.964. The van der Waals surface area contributed by atoms with Gasteiger partial charge in [-0.3, -0.25) is 0 Å². The molecule has 24 heavy (non-hydrogen) atoms. The largest absolute Gasteiger partial charge is 0.368 e. The van der Waals surface area contributed by atoms with Gasteiger partial charge < -0.3 is 10.6 Å². The minimum Gasteiger partial charge on any atom is -0.368 e.